The van der Waals surface area contributed by atoms with Gasteiger partial charge in [-0.25, -0.2) is 0 Å². The summed E-state index contributed by atoms with van der Waals surface area (Å²) in [6.45, 7) is 7.47. The molecule has 2 nitrogen and oxygen atoms in total. The molecule has 60 heavy (non-hydrogen) atoms. The molecule has 0 bridgehead atoms. The van der Waals surface area contributed by atoms with Crippen LogP contribution in [0.5, 0.6) is 0 Å². The van der Waals surface area contributed by atoms with Gasteiger partial charge in [0.2, 0.25) is 0 Å². The zero-order valence-electron chi connectivity index (χ0n) is 34.4. The summed E-state index contributed by atoms with van der Waals surface area (Å²) in [5, 5.41) is 9.29. The number of rotatable bonds is 11. The molecular weight excluding hydrogens is 741 g/mol. The van der Waals surface area contributed by atoms with Crippen LogP contribution < -0.4 is 15.8 Å². The monoisotopic (exact) mass is 788 g/mol. The van der Waals surface area contributed by atoms with Crippen LogP contribution in [-0.2, 0) is 0 Å². The van der Waals surface area contributed by atoms with E-state index in [-0.39, 0.29) is 0 Å². The summed E-state index contributed by atoms with van der Waals surface area (Å²) < 4.78 is 0. The maximum absolute atomic E-state index is 3.94. The molecule has 290 valence electrons. The SMILES string of the molecule is C[Si](C)(C)c1c(-c2c(Nc3ccccc3)cc(-c3ccccc3)cc2-c2ccccc2)cccc1-c1c(Nc2ccccc2)cc(-c2ccccc2)cc1-c1ccccc1. The minimum Gasteiger partial charge on any atom is -0.355 e. The second-order valence-electron chi connectivity index (χ2n) is 16.3. The summed E-state index contributed by atoms with van der Waals surface area (Å²) >= 11 is 0. The molecule has 0 spiro atoms. The van der Waals surface area contributed by atoms with Crippen molar-refractivity contribution in [1.82, 2.24) is 0 Å². The average molecular weight is 789 g/mol. The summed E-state index contributed by atoms with van der Waals surface area (Å²) in [6, 6.07) is 80.9. The molecule has 0 radical (unpaired) electrons. The second kappa shape index (κ2) is 17.0. The average Bonchev–Trinajstić information content (AvgIpc) is 3.30. The lowest BCUT2D eigenvalue weighted by Gasteiger charge is -2.30. The fourth-order valence-electron chi connectivity index (χ4n) is 8.48. The van der Waals surface area contributed by atoms with Crippen molar-refractivity contribution in [2.75, 3.05) is 10.6 Å². The molecule has 2 N–H and O–H groups in total. The van der Waals surface area contributed by atoms with Crippen molar-refractivity contribution in [2.24, 2.45) is 0 Å². The van der Waals surface area contributed by atoms with E-state index in [0.717, 1.165) is 22.7 Å². The fraction of sp³-hybridized carbons (Fsp3) is 0.0526. The summed E-state index contributed by atoms with van der Waals surface area (Å²) in [5.41, 5.74) is 18.6. The Morgan fingerprint density at radius 3 is 0.933 bits per heavy atom. The lowest BCUT2D eigenvalue weighted by atomic mass is 9.85. The van der Waals surface area contributed by atoms with E-state index in [2.05, 4.69) is 255 Å². The van der Waals surface area contributed by atoms with Crippen LogP contribution in [0.3, 0.4) is 0 Å². The summed E-state index contributed by atoms with van der Waals surface area (Å²) in [5.74, 6) is 0. The Morgan fingerprint density at radius 1 is 0.283 bits per heavy atom. The van der Waals surface area contributed by atoms with E-state index in [1.807, 2.05) is 0 Å². The molecule has 0 aliphatic heterocycles. The van der Waals surface area contributed by atoms with Crippen LogP contribution in [0.2, 0.25) is 19.6 Å². The minimum atomic E-state index is -2.18. The van der Waals surface area contributed by atoms with Crippen LogP contribution in [0.15, 0.2) is 224 Å². The fourth-order valence-corrected chi connectivity index (χ4v) is 10.5. The number of anilines is 4. The maximum atomic E-state index is 3.94. The third kappa shape index (κ3) is 8.09. The zero-order chi connectivity index (χ0) is 40.9. The van der Waals surface area contributed by atoms with E-state index in [0.29, 0.717) is 0 Å². The van der Waals surface area contributed by atoms with Gasteiger partial charge in [-0.2, -0.15) is 0 Å². The molecule has 0 fully saturated rings. The van der Waals surface area contributed by atoms with Gasteiger partial charge in [0.1, 0.15) is 0 Å². The molecular formula is C57H48N2Si. The van der Waals surface area contributed by atoms with Crippen LogP contribution in [-0.4, -0.2) is 8.07 Å². The first-order valence-corrected chi connectivity index (χ1v) is 24.3. The van der Waals surface area contributed by atoms with Gasteiger partial charge in [0, 0.05) is 33.9 Å². The quantitative estimate of drug-likeness (QED) is 0.128. The highest BCUT2D eigenvalue weighted by Gasteiger charge is 2.30. The molecule has 0 aliphatic rings. The normalized spacial score (nSPS) is 11.2. The predicted molar refractivity (Wildman–Crippen MR) is 261 cm³/mol. The highest BCUT2D eigenvalue weighted by atomic mass is 28.3. The molecule has 9 aromatic carbocycles. The van der Waals surface area contributed by atoms with Crippen molar-refractivity contribution in [1.29, 1.82) is 0 Å². The lowest BCUT2D eigenvalue weighted by molar-refractivity contribution is 1.50. The Kier molecular flexibility index (Phi) is 10.8. The molecule has 9 rings (SSSR count). The zero-order valence-corrected chi connectivity index (χ0v) is 35.4. The van der Waals surface area contributed by atoms with E-state index in [1.54, 1.807) is 0 Å². The first kappa shape index (κ1) is 38.3. The maximum Gasteiger partial charge on any atom is 0.0792 e. The van der Waals surface area contributed by atoms with Crippen LogP contribution in [0.4, 0.5) is 22.7 Å². The highest BCUT2D eigenvalue weighted by Crippen LogP contribution is 2.47. The molecule has 9 aromatic rings. The van der Waals surface area contributed by atoms with E-state index in [9.17, 15) is 0 Å². The number of nitrogens with one attached hydrogen (secondary N) is 2. The third-order valence-electron chi connectivity index (χ3n) is 11.1. The first-order valence-electron chi connectivity index (χ1n) is 20.8. The Balaban J connectivity index is 1.39. The summed E-state index contributed by atoms with van der Waals surface area (Å²) in [7, 11) is -2.18. The van der Waals surface area contributed by atoms with E-state index in [4.69, 9.17) is 0 Å². The van der Waals surface area contributed by atoms with Crippen molar-refractivity contribution < 1.29 is 0 Å². The largest absolute Gasteiger partial charge is 0.355 e. The molecule has 0 heterocycles. The van der Waals surface area contributed by atoms with Crippen molar-refractivity contribution in [3.8, 4) is 66.8 Å². The third-order valence-corrected chi connectivity index (χ3v) is 13.2. The van der Waals surface area contributed by atoms with Gasteiger partial charge in [-0.3, -0.25) is 0 Å². The Morgan fingerprint density at radius 2 is 0.600 bits per heavy atom. The van der Waals surface area contributed by atoms with Gasteiger partial charge in [0.15, 0.2) is 0 Å². The standard InChI is InChI=1S/C57H48N2Si/c1-60(2,3)57-49(55-51(43-27-14-6-15-28-43)37-45(41-23-10-4-11-24-41)39-53(55)58-47-31-18-8-19-32-47)35-22-36-50(57)56-52(44-29-16-7-17-30-44)38-46(42-25-12-5-13-26-42)40-54(56)59-48-33-20-9-21-34-48/h4-40,58-59H,1-3H3. The van der Waals surface area contributed by atoms with Gasteiger partial charge >= 0.3 is 0 Å². The van der Waals surface area contributed by atoms with Crippen LogP contribution >= 0.6 is 0 Å². The highest BCUT2D eigenvalue weighted by molar-refractivity contribution is 6.90. The van der Waals surface area contributed by atoms with Gasteiger partial charge in [0.25, 0.3) is 0 Å². The molecule has 0 saturated heterocycles. The molecule has 3 heteroatoms. The van der Waals surface area contributed by atoms with Crippen molar-refractivity contribution in [3.05, 3.63) is 224 Å². The second-order valence-corrected chi connectivity index (χ2v) is 21.3. The Hall–Kier alpha value is -7.20. The lowest BCUT2D eigenvalue weighted by Crippen LogP contribution is -2.40. The van der Waals surface area contributed by atoms with Crippen molar-refractivity contribution in [3.63, 3.8) is 0 Å². The predicted octanol–water partition coefficient (Wildman–Crippen LogP) is 15.7. The van der Waals surface area contributed by atoms with Gasteiger partial charge < -0.3 is 10.6 Å². The minimum absolute atomic E-state index is 1.05. The topological polar surface area (TPSA) is 24.1 Å². The molecule has 0 aliphatic carbocycles. The Labute approximate surface area is 355 Å². The van der Waals surface area contributed by atoms with Crippen LogP contribution in [0.1, 0.15) is 0 Å². The molecule has 0 amide bonds. The summed E-state index contributed by atoms with van der Waals surface area (Å²) in [6.07, 6.45) is 0. The number of hydrogen-bond acceptors (Lipinski definition) is 2. The molecule has 0 saturated carbocycles. The van der Waals surface area contributed by atoms with Crippen LogP contribution in [0, 0.1) is 0 Å². The molecule has 0 aromatic heterocycles. The van der Waals surface area contributed by atoms with E-state index < -0.39 is 8.07 Å². The van der Waals surface area contributed by atoms with E-state index >= 15 is 0 Å². The van der Waals surface area contributed by atoms with Crippen molar-refractivity contribution >= 4 is 36.0 Å². The Bertz CT molecular complexity index is 2660. The van der Waals surface area contributed by atoms with E-state index in [1.165, 1.54) is 71.9 Å². The number of para-hydroxylation sites is 2. The molecule has 0 atom stereocenters. The molecule has 0 unspecified atom stereocenters. The van der Waals surface area contributed by atoms with Gasteiger partial charge in [-0.05, 0) is 109 Å². The van der Waals surface area contributed by atoms with Gasteiger partial charge in [0.05, 0.1) is 8.07 Å². The smallest absolute Gasteiger partial charge is 0.0792 e. The van der Waals surface area contributed by atoms with Gasteiger partial charge in [-0.15, -0.1) is 0 Å². The number of benzene rings is 9. The van der Waals surface area contributed by atoms with Gasteiger partial charge in [-0.1, -0.05) is 196 Å². The van der Waals surface area contributed by atoms with Crippen molar-refractivity contribution in [2.45, 2.75) is 19.6 Å². The summed E-state index contributed by atoms with van der Waals surface area (Å²) in [4.78, 5) is 0. The van der Waals surface area contributed by atoms with Crippen LogP contribution in [0.25, 0.3) is 66.8 Å². The number of hydrogen-bond donors (Lipinski definition) is 2. The first-order chi connectivity index (χ1) is 29.4.